The summed E-state index contributed by atoms with van der Waals surface area (Å²) in [5, 5.41) is 8.75. The van der Waals surface area contributed by atoms with Gasteiger partial charge >= 0.3 is 0 Å². The van der Waals surface area contributed by atoms with Gasteiger partial charge in [0.1, 0.15) is 0 Å². The number of benzene rings is 1. The number of carbonyl (C=O) groups is 1. The van der Waals surface area contributed by atoms with Crippen LogP contribution in [0.15, 0.2) is 34.5 Å². The summed E-state index contributed by atoms with van der Waals surface area (Å²) in [6, 6.07) is 6.95. The zero-order valence-corrected chi connectivity index (χ0v) is 14.0. The highest BCUT2D eigenvalue weighted by molar-refractivity contribution is 7.96. The SMILES string of the molecule is CC(C)(C)N=NC(C)(C)N(C(=O)S)c1ccc(Cl)cc1. The van der Waals surface area contributed by atoms with E-state index in [4.69, 9.17) is 11.6 Å². The molecule has 0 heterocycles. The number of thiol groups is 1. The van der Waals surface area contributed by atoms with Gasteiger partial charge in [0.15, 0.2) is 5.66 Å². The molecule has 0 spiro atoms. The van der Waals surface area contributed by atoms with E-state index in [1.807, 2.05) is 34.6 Å². The van der Waals surface area contributed by atoms with Crippen LogP contribution < -0.4 is 4.90 Å². The van der Waals surface area contributed by atoms with Crippen LogP contribution in [0.5, 0.6) is 0 Å². The van der Waals surface area contributed by atoms with Crippen LogP contribution in [0.4, 0.5) is 10.5 Å². The predicted octanol–water partition coefficient (Wildman–Crippen LogP) is 5.18. The van der Waals surface area contributed by atoms with Gasteiger partial charge in [0, 0.05) is 10.7 Å². The van der Waals surface area contributed by atoms with Crippen molar-refractivity contribution in [3.8, 4) is 0 Å². The quantitative estimate of drug-likeness (QED) is 0.606. The lowest BCUT2D eigenvalue weighted by Crippen LogP contribution is -2.44. The summed E-state index contributed by atoms with van der Waals surface area (Å²) in [6.07, 6.45) is 0. The minimum Gasteiger partial charge on any atom is -0.277 e. The van der Waals surface area contributed by atoms with Gasteiger partial charge in [-0.05, 0) is 58.9 Å². The zero-order chi connectivity index (χ0) is 15.6. The predicted molar refractivity (Wildman–Crippen MR) is 87.0 cm³/mol. The fourth-order valence-electron chi connectivity index (χ4n) is 1.57. The molecule has 0 bridgehead atoms. The molecule has 1 aromatic carbocycles. The first-order valence-corrected chi connectivity index (χ1v) is 7.08. The van der Waals surface area contributed by atoms with Crippen LogP contribution in [0.1, 0.15) is 34.6 Å². The minimum absolute atomic E-state index is 0.303. The highest BCUT2D eigenvalue weighted by Gasteiger charge is 2.31. The number of hydrogen-bond donors (Lipinski definition) is 1. The van der Waals surface area contributed by atoms with Crippen LogP contribution in [0.2, 0.25) is 5.02 Å². The Morgan fingerprint density at radius 2 is 1.60 bits per heavy atom. The molecule has 0 aliphatic heterocycles. The lowest BCUT2D eigenvalue weighted by atomic mass is 10.1. The fourth-order valence-corrected chi connectivity index (χ4v) is 2.05. The molecule has 0 N–H and O–H groups in total. The molecule has 0 fully saturated rings. The summed E-state index contributed by atoms with van der Waals surface area (Å²) in [7, 11) is 0. The number of rotatable bonds is 3. The molecule has 0 atom stereocenters. The van der Waals surface area contributed by atoms with E-state index in [1.165, 1.54) is 4.90 Å². The van der Waals surface area contributed by atoms with Crippen LogP contribution in [0.25, 0.3) is 0 Å². The third-order valence-corrected chi connectivity index (χ3v) is 2.87. The second-order valence-corrected chi connectivity index (χ2v) is 6.78. The number of amides is 1. The van der Waals surface area contributed by atoms with Gasteiger partial charge in [-0.1, -0.05) is 24.2 Å². The van der Waals surface area contributed by atoms with Crippen molar-refractivity contribution in [1.82, 2.24) is 0 Å². The molecular weight excluding hydrogens is 294 g/mol. The van der Waals surface area contributed by atoms with E-state index in [0.29, 0.717) is 10.7 Å². The van der Waals surface area contributed by atoms with Crippen LogP contribution >= 0.6 is 24.2 Å². The van der Waals surface area contributed by atoms with Gasteiger partial charge in [-0.25, -0.2) is 0 Å². The normalized spacial score (nSPS) is 12.8. The van der Waals surface area contributed by atoms with Gasteiger partial charge in [-0.3, -0.25) is 9.69 Å². The molecule has 110 valence electrons. The Hall–Kier alpha value is -1.07. The van der Waals surface area contributed by atoms with Gasteiger partial charge in [0.2, 0.25) is 0 Å². The first kappa shape index (κ1) is 17.0. The molecule has 0 aromatic heterocycles. The average Bonchev–Trinajstić information content (AvgIpc) is 2.28. The average molecular weight is 314 g/mol. The largest absolute Gasteiger partial charge is 0.285 e. The smallest absolute Gasteiger partial charge is 0.277 e. The molecule has 0 saturated carbocycles. The summed E-state index contributed by atoms with van der Waals surface area (Å²) in [5.41, 5.74) is -0.463. The van der Waals surface area contributed by atoms with E-state index in [-0.39, 0.29) is 5.54 Å². The van der Waals surface area contributed by atoms with Crippen molar-refractivity contribution in [2.75, 3.05) is 4.90 Å². The number of anilines is 1. The van der Waals surface area contributed by atoms with Crippen molar-refractivity contribution in [1.29, 1.82) is 0 Å². The lowest BCUT2D eigenvalue weighted by molar-refractivity contribution is 0.259. The topological polar surface area (TPSA) is 45.0 Å². The van der Waals surface area contributed by atoms with Crippen LogP contribution in [-0.4, -0.2) is 16.4 Å². The van der Waals surface area contributed by atoms with Gasteiger partial charge in [0.05, 0.1) is 5.54 Å². The van der Waals surface area contributed by atoms with E-state index < -0.39 is 10.9 Å². The van der Waals surface area contributed by atoms with Gasteiger partial charge in [0.25, 0.3) is 5.24 Å². The highest BCUT2D eigenvalue weighted by Crippen LogP contribution is 2.29. The molecule has 1 aromatic rings. The van der Waals surface area contributed by atoms with Crippen molar-refractivity contribution < 1.29 is 4.79 Å². The number of carbonyl (C=O) groups excluding carboxylic acids is 1. The standard InChI is InChI=1S/C14H20ClN3OS/c1-13(2,3)16-17-14(4,5)18(12(19)20)11-8-6-10(15)7-9-11/h6-9H,1-5H3,(H,19,20). The molecular formula is C14H20ClN3OS. The molecule has 20 heavy (non-hydrogen) atoms. The maximum atomic E-state index is 11.9. The first-order chi connectivity index (χ1) is 9.03. The summed E-state index contributed by atoms with van der Waals surface area (Å²) in [5.74, 6) is 0. The van der Waals surface area contributed by atoms with E-state index in [9.17, 15) is 4.79 Å². The van der Waals surface area contributed by atoms with E-state index >= 15 is 0 Å². The Labute approximate surface area is 130 Å². The fraction of sp³-hybridized carbons (Fsp3) is 0.500. The van der Waals surface area contributed by atoms with Crippen LogP contribution in [-0.2, 0) is 0 Å². The summed E-state index contributed by atoms with van der Waals surface area (Å²) in [6.45, 7) is 9.46. The maximum Gasteiger partial charge on any atom is 0.285 e. The number of halogens is 1. The van der Waals surface area contributed by atoms with Gasteiger partial charge in [-0.2, -0.15) is 10.2 Å². The second-order valence-electron chi connectivity index (χ2n) is 5.96. The molecule has 4 nitrogen and oxygen atoms in total. The third kappa shape index (κ3) is 4.80. The summed E-state index contributed by atoms with van der Waals surface area (Å²) < 4.78 is 0. The maximum absolute atomic E-state index is 11.9. The van der Waals surface area contributed by atoms with Crippen LogP contribution in [0.3, 0.4) is 0 Å². The number of hydrogen-bond acceptors (Lipinski definition) is 3. The Kier molecular flexibility index (Phi) is 5.21. The Morgan fingerprint density at radius 3 is 2.00 bits per heavy atom. The zero-order valence-electron chi connectivity index (χ0n) is 12.4. The molecule has 0 aliphatic rings. The summed E-state index contributed by atoms with van der Waals surface area (Å²) in [4.78, 5) is 13.3. The third-order valence-electron chi connectivity index (χ3n) is 2.42. The van der Waals surface area contributed by atoms with Crippen LogP contribution in [0, 0.1) is 0 Å². The van der Waals surface area contributed by atoms with Crippen molar-refractivity contribution in [3.05, 3.63) is 29.3 Å². The first-order valence-electron chi connectivity index (χ1n) is 6.26. The molecule has 1 amide bonds. The minimum atomic E-state index is -0.833. The Balaban J connectivity index is 3.16. The van der Waals surface area contributed by atoms with E-state index in [1.54, 1.807) is 24.3 Å². The monoisotopic (exact) mass is 313 g/mol. The molecule has 0 saturated heterocycles. The number of azo groups is 1. The van der Waals surface area contributed by atoms with Crippen molar-refractivity contribution >= 4 is 35.2 Å². The molecule has 6 heteroatoms. The molecule has 0 aliphatic carbocycles. The van der Waals surface area contributed by atoms with Crippen molar-refractivity contribution in [2.24, 2.45) is 10.2 Å². The van der Waals surface area contributed by atoms with Crippen molar-refractivity contribution in [2.45, 2.75) is 45.8 Å². The Morgan fingerprint density at radius 1 is 1.10 bits per heavy atom. The number of nitrogens with zero attached hydrogens (tertiary/aromatic N) is 3. The van der Waals surface area contributed by atoms with E-state index in [0.717, 1.165) is 0 Å². The summed E-state index contributed by atoms with van der Waals surface area (Å²) >= 11 is 9.81. The highest BCUT2D eigenvalue weighted by atomic mass is 35.5. The van der Waals surface area contributed by atoms with Crippen molar-refractivity contribution in [3.63, 3.8) is 0 Å². The second kappa shape index (κ2) is 6.14. The lowest BCUT2D eigenvalue weighted by Gasteiger charge is -2.33. The Bertz CT molecular complexity index is 506. The van der Waals surface area contributed by atoms with Gasteiger partial charge in [-0.15, -0.1) is 0 Å². The van der Waals surface area contributed by atoms with Gasteiger partial charge < -0.3 is 0 Å². The molecule has 0 radical (unpaired) electrons. The molecule has 1 rings (SSSR count). The molecule has 0 unspecified atom stereocenters. The van der Waals surface area contributed by atoms with E-state index in [2.05, 4.69) is 22.9 Å².